The van der Waals surface area contributed by atoms with E-state index in [1.54, 1.807) is 11.3 Å². The van der Waals surface area contributed by atoms with Gasteiger partial charge in [-0.3, -0.25) is 4.79 Å². The molecule has 23 heavy (non-hydrogen) atoms. The molecule has 1 fully saturated rings. The number of hydrogen-bond acceptors (Lipinski definition) is 3. The fourth-order valence-corrected chi connectivity index (χ4v) is 4.10. The number of aliphatic hydroxyl groups excluding tert-OH is 1. The van der Waals surface area contributed by atoms with Gasteiger partial charge in [0.05, 0.1) is 6.10 Å². The van der Waals surface area contributed by atoms with E-state index >= 15 is 0 Å². The highest BCUT2D eigenvalue weighted by Gasteiger charge is 2.22. The largest absolute Gasteiger partial charge is 0.387 e. The lowest BCUT2D eigenvalue weighted by molar-refractivity contribution is 0.0907. The highest BCUT2D eigenvalue weighted by atomic mass is 32.1. The number of nitrogens with one attached hydrogen (secondary N) is 1. The zero-order valence-corrected chi connectivity index (χ0v) is 14.3. The minimum atomic E-state index is -0.521. The second kappa shape index (κ2) is 7.32. The molecule has 2 N–H and O–H groups in total. The molecule has 0 radical (unpaired) electrons. The third-order valence-corrected chi connectivity index (χ3v) is 5.53. The van der Waals surface area contributed by atoms with E-state index in [0.29, 0.717) is 12.5 Å². The molecule has 2 aromatic heterocycles. The van der Waals surface area contributed by atoms with Crippen LogP contribution in [0.3, 0.4) is 0 Å². The maximum Gasteiger partial charge on any atom is 0.268 e. The van der Waals surface area contributed by atoms with Crippen molar-refractivity contribution >= 4 is 17.2 Å². The lowest BCUT2D eigenvalue weighted by Crippen LogP contribution is -2.35. The maximum absolute atomic E-state index is 12.6. The fraction of sp³-hybridized carbons (Fsp3) is 0.500. The van der Waals surface area contributed by atoms with E-state index in [0.717, 1.165) is 23.4 Å². The molecule has 1 amide bonds. The number of nitrogens with zero attached hydrogens (tertiary/aromatic N) is 1. The zero-order valence-electron chi connectivity index (χ0n) is 13.4. The minimum absolute atomic E-state index is 0.0484. The topological polar surface area (TPSA) is 54.3 Å². The first-order valence-electron chi connectivity index (χ1n) is 8.34. The van der Waals surface area contributed by atoms with Crippen molar-refractivity contribution in [3.8, 4) is 0 Å². The summed E-state index contributed by atoms with van der Waals surface area (Å²) >= 11 is 1.54. The van der Waals surface area contributed by atoms with Crippen LogP contribution < -0.4 is 5.32 Å². The quantitative estimate of drug-likeness (QED) is 0.843. The van der Waals surface area contributed by atoms with E-state index in [2.05, 4.69) is 9.88 Å². The number of amides is 1. The summed E-state index contributed by atoms with van der Waals surface area (Å²) in [6.45, 7) is 1.94. The predicted octanol–water partition coefficient (Wildman–Crippen LogP) is 3.91. The van der Waals surface area contributed by atoms with Crippen molar-refractivity contribution in [1.82, 2.24) is 9.88 Å². The molecule has 4 nitrogen and oxygen atoms in total. The van der Waals surface area contributed by atoms with Crippen molar-refractivity contribution in [3.05, 3.63) is 46.4 Å². The molecular weight excluding hydrogens is 308 g/mol. The number of carbonyl (C=O) groups excluding carboxylic acids is 1. The van der Waals surface area contributed by atoms with Gasteiger partial charge < -0.3 is 15.0 Å². The summed E-state index contributed by atoms with van der Waals surface area (Å²) in [4.78, 5) is 13.5. The minimum Gasteiger partial charge on any atom is -0.387 e. The van der Waals surface area contributed by atoms with E-state index in [4.69, 9.17) is 0 Å². The van der Waals surface area contributed by atoms with Crippen LogP contribution in [0.2, 0.25) is 0 Å². The molecule has 1 aliphatic carbocycles. The van der Waals surface area contributed by atoms with Crippen LogP contribution in [0.1, 0.15) is 66.5 Å². The summed E-state index contributed by atoms with van der Waals surface area (Å²) in [6, 6.07) is 8.06. The molecule has 5 heteroatoms. The summed E-state index contributed by atoms with van der Waals surface area (Å²) in [5.74, 6) is -0.0484. The normalized spacial score (nSPS) is 18.0. The van der Waals surface area contributed by atoms with E-state index in [9.17, 15) is 9.90 Å². The van der Waals surface area contributed by atoms with Gasteiger partial charge in [-0.15, -0.1) is 11.3 Å². The first kappa shape index (κ1) is 16.3. The number of hydrogen-bond donors (Lipinski definition) is 2. The van der Waals surface area contributed by atoms with E-state index in [1.807, 2.05) is 42.8 Å². The third-order valence-electron chi connectivity index (χ3n) is 4.56. The number of rotatable bonds is 6. The SMILES string of the molecule is CC(CC(O)c1cccs1)NC(=O)c1cccn1C1CCCC1. The molecule has 3 rings (SSSR count). The lowest BCUT2D eigenvalue weighted by Gasteiger charge is -2.20. The van der Waals surface area contributed by atoms with Gasteiger partial charge in [-0.05, 0) is 49.8 Å². The molecule has 2 unspecified atom stereocenters. The standard InChI is InChI=1S/C18H24N2O2S/c1-13(12-16(21)17-9-5-11-23-17)19-18(22)15-8-4-10-20(15)14-6-2-3-7-14/h4-5,8-11,13-14,16,21H,2-3,6-7,12H2,1H3,(H,19,22). The number of carbonyl (C=O) groups is 1. The van der Waals surface area contributed by atoms with Gasteiger partial charge in [-0.25, -0.2) is 0 Å². The first-order chi connectivity index (χ1) is 11.1. The summed E-state index contributed by atoms with van der Waals surface area (Å²) in [7, 11) is 0. The van der Waals surface area contributed by atoms with Crippen LogP contribution in [-0.4, -0.2) is 21.6 Å². The maximum atomic E-state index is 12.6. The van der Waals surface area contributed by atoms with Crippen molar-refractivity contribution < 1.29 is 9.90 Å². The summed E-state index contributed by atoms with van der Waals surface area (Å²) in [5.41, 5.74) is 0.731. The van der Waals surface area contributed by atoms with Crippen molar-refractivity contribution in [2.45, 2.75) is 57.2 Å². The van der Waals surface area contributed by atoms with Crippen LogP contribution in [0.15, 0.2) is 35.8 Å². The summed E-state index contributed by atoms with van der Waals surface area (Å²) in [5, 5.41) is 15.2. The lowest BCUT2D eigenvalue weighted by atomic mass is 10.1. The second-order valence-electron chi connectivity index (χ2n) is 6.38. The average Bonchev–Trinajstić information content (AvgIpc) is 3.27. The third kappa shape index (κ3) is 3.85. The first-order valence-corrected chi connectivity index (χ1v) is 9.22. The molecule has 0 aromatic carbocycles. The molecule has 0 bridgehead atoms. The Morgan fingerprint density at radius 2 is 2.17 bits per heavy atom. The Morgan fingerprint density at radius 3 is 2.87 bits per heavy atom. The van der Waals surface area contributed by atoms with E-state index in [-0.39, 0.29) is 11.9 Å². The Hall–Kier alpha value is -1.59. The average molecular weight is 332 g/mol. The van der Waals surface area contributed by atoms with Gasteiger partial charge in [0.25, 0.3) is 5.91 Å². The molecule has 0 saturated heterocycles. The summed E-state index contributed by atoms with van der Waals surface area (Å²) in [6.07, 6.45) is 6.81. The van der Waals surface area contributed by atoms with Crippen LogP contribution in [0, 0.1) is 0 Å². The van der Waals surface area contributed by atoms with Crippen LogP contribution in [0.25, 0.3) is 0 Å². The van der Waals surface area contributed by atoms with E-state index in [1.165, 1.54) is 12.8 Å². The van der Waals surface area contributed by atoms with Gasteiger partial charge in [0.2, 0.25) is 0 Å². The molecule has 124 valence electrons. The molecule has 0 aliphatic heterocycles. The Kier molecular flexibility index (Phi) is 5.18. The molecule has 0 spiro atoms. The van der Waals surface area contributed by atoms with Crippen LogP contribution in [0.4, 0.5) is 0 Å². The van der Waals surface area contributed by atoms with Gasteiger partial charge in [-0.2, -0.15) is 0 Å². The van der Waals surface area contributed by atoms with Gasteiger partial charge in [0, 0.05) is 23.2 Å². The Morgan fingerprint density at radius 1 is 1.39 bits per heavy atom. The van der Waals surface area contributed by atoms with Gasteiger partial charge in [0.15, 0.2) is 0 Å². The molecule has 2 atom stereocenters. The van der Waals surface area contributed by atoms with Crippen molar-refractivity contribution in [1.29, 1.82) is 0 Å². The number of aliphatic hydroxyl groups is 1. The Labute approximate surface area is 141 Å². The van der Waals surface area contributed by atoms with Crippen LogP contribution in [0.5, 0.6) is 0 Å². The second-order valence-corrected chi connectivity index (χ2v) is 7.36. The molecule has 1 saturated carbocycles. The molecule has 1 aliphatic rings. The summed E-state index contributed by atoms with van der Waals surface area (Å²) < 4.78 is 2.12. The Bertz CT molecular complexity index is 629. The monoisotopic (exact) mass is 332 g/mol. The van der Waals surface area contributed by atoms with Gasteiger partial charge in [-0.1, -0.05) is 18.9 Å². The molecule has 2 heterocycles. The smallest absolute Gasteiger partial charge is 0.268 e. The highest BCUT2D eigenvalue weighted by Crippen LogP contribution is 2.30. The molecular formula is C18H24N2O2S. The van der Waals surface area contributed by atoms with Crippen LogP contribution in [-0.2, 0) is 0 Å². The van der Waals surface area contributed by atoms with E-state index < -0.39 is 6.10 Å². The number of thiophene rings is 1. The van der Waals surface area contributed by atoms with Crippen LogP contribution >= 0.6 is 11.3 Å². The predicted molar refractivity (Wildman–Crippen MR) is 92.8 cm³/mol. The number of aromatic nitrogens is 1. The van der Waals surface area contributed by atoms with Gasteiger partial charge >= 0.3 is 0 Å². The van der Waals surface area contributed by atoms with Crippen molar-refractivity contribution in [3.63, 3.8) is 0 Å². The Balaban J connectivity index is 1.59. The highest BCUT2D eigenvalue weighted by molar-refractivity contribution is 7.10. The van der Waals surface area contributed by atoms with Crippen molar-refractivity contribution in [2.75, 3.05) is 0 Å². The zero-order chi connectivity index (χ0) is 16.2. The molecule has 2 aromatic rings. The van der Waals surface area contributed by atoms with Crippen molar-refractivity contribution in [2.24, 2.45) is 0 Å². The fourth-order valence-electron chi connectivity index (χ4n) is 3.38. The van der Waals surface area contributed by atoms with Gasteiger partial charge in [0.1, 0.15) is 5.69 Å².